The fourth-order valence-electron chi connectivity index (χ4n) is 2.18. The number of hydrogen-bond donors (Lipinski definition) is 1. The first-order valence-corrected chi connectivity index (χ1v) is 7.42. The minimum atomic E-state index is -0.878. The highest BCUT2D eigenvalue weighted by Gasteiger charge is 2.17. The highest BCUT2D eigenvalue weighted by molar-refractivity contribution is 9.10. The average molecular weight is 348 g/mol. The quantitative estimate of drug-likeness (QED) is 0.772. The van der Waals surface area contributed by atoms with E-state index in [2.05, 4.69) is 20.9 Å². The van der Waals surface area contributed by atoms with Gasteiger partial charge in [-0.2, -0.15) is 0 Å². The zero-order valence-electron chi connectivity index (χ0n) is 11.4. The van der Waals surface area contributed by atoms with Gasteiger partial charge in [-0.1, -0.05) is 12.1 Å². The van der Waals surface area contributed by atoms with Crippen molar-refractivity contribution < 1.29 is 14.3 Å². The topological polar surface area (TPSA) is 55.5 Å². The van der Waals surface area contributed by atoms with Crippen molar-refractivity contribution >= 4 is 26.9 Å². The van der Waals surface area contributed by atoms with Gasteiger partial charge in [0, 0.05) is 17.1 Å². The molecular weight excluding hydrogens is 334 g/mol. The van der Waals surface area contributed by atoms with Gasteiger partial charge in [-0.25, -0.2) is 0 Å². The van der Waals surface area contributed by atoms with Gasteiger partial charge < -0.3 is 14.3 Å². The fourth-order valence-corrected chi connectivity index (χ4v) is 2.64. The van der Waals surface area contributed by atoms with Crippen molar-refractivity contribution in [2.75, 3.05) is 6.61 Å². The molecule has 0 saturated heterocycles. The molecule has 0 aliphatic carbocycles. The Hall–Kier alpha value is -1.85. The summed E-state index contributed by atoms with van der Waals surface area (Å²) in [6.45, 7) is 2.46. The van der Waals surface area contributed by atoms with Crippen molar-refractivity contribution in [2.45, 2.75) is 13.0 Å². The van der Waals surface area contributed by atoms with Crippen molar-refractivity contribution in [1.29, 1.82) is 0 Å². The smallest absolute Gasteiger partial charge is 0.148 e. The number of para-hydroxylation sites is 1. The minimum absolute atomic E-state index is 0.479. The van der Waals surface area contributed by atoms with E-state index in [-0.39, 0.29) is 0 Å². The van der Waals surface area contributed by atoms with E-state index in [1.165, 1.54) is 0 Å². The molecule has 0 amide bonds. The summed E-state index contributed by atoms with van der Waals surface area (Å²) in [6, 6.07) is 9.37. The zero-order chi connectivity index (χ0) is 14.8. The van der Waals surface area contributed by atoms with Crippen LogP contribution < -0.4 is 4.74 Å². The van der Waals surface area contributed by atoms with Crippen LogP contribution in [0.4, 0.5) is 0 Å². The lowest BCUT2D eigenvalue weighted by atomic mass is 10.1. The molecule has 1 aromatic carbocycles. The molecule has 21 heavy (non-hydrogen) atoms. The van der Waals surface area contributed by atoms with E-state index < -0.39 is 6.10 Å². The normalized spacial score (nSPS) is 12.5. The van der Waals surface area contributed by atoms with Crippen molar-refractivity contribution in [3.8, 4) is 5.75 Å². The number of ether oxygens (including phenoxy) is 1. The second kappa shape index (κ2) is 5.87. The van der Waals surface area contributed by atoms with E-state index >= 15 is 0 Å². The Morgan fingerprint density at radius 1 is 1.33 bits per heavy atom. The van der Waals surface area contributed by atoms with Crippen molar-refractivity contribution in [3.05, 3.63) is 58.5 Å². The van der Waals surface area contributed by atoms with E-state index in [4.69, 9.17) is 9.15 Å². The summed E-state index contributed by atoms with van der Waals surface area (Å²) in [5, 5.41) is 11.4. The van der Waals surface area contributed by atoms with Crippen molar-refractivity contribution in [2.24, 2.45) is 0 Å². The molecule has 0 saturated carbocycles. The Labute approximate surface area is 130 Å². The highest BCUT2D eigenvalue weighted by Crippen LogP contribution is 2.32. The number of rotatable bonds is 4. The van der Waals surface area contributed by atoms with Crippen LogP contribution in [-0.4, -0.2) is 16.7 Å². The largest absolute Gasteiger partial charge is 0.492 e. The molecule has 2 heterocycles. The van der Waals surface area contributed by atoms with Crippen LogP contribution in [0.5, 0.6) is 5.75 Å². The number of nitrogens with zero attached hydrogens (tertiary/aromatic N) is 1. The van der Waals surface area contributed by atoms with Gasteiger partial charge in [0.05, 0.1) is 17.3 Å². The molecule has 108 valence electrons. The third-order valence-electron chi connectivity index (χ3n) is 3.15. The van der Waals surface area contributed by atoms with Crippen LogP contribution in [0.1, 0.15) is 24.4 Å². The molecule has 1 N–H and O–H groups in total. The number of halogens is 1. The molecule has 1 atom stereocenters. The van der Waals surface area contributed by atoms with E-state index in [1.807, 2.05) is 31.2 Å². The molecule has 3 rings (SSSR count). The van der Waals surface area contributed by atoms with E-state index in [0.717, 1.165) is 15.4 Å². The molecule has 0 spiro atoms. The van der Waals surface area contributed by atoms with E-state index in [1.54, 1.807) is 18.5 Å². The van der Waals surface area contributed by atoms with Gasteiger partial charge in [0.15, 0.2) is 0 Å². The third kappa shape index (κ3) is 2.80. The van der Waals surface area contributed by atoms with Gasteiger partial charge in [-0.15, -0.1) is 0 Å². The third-order valence-corrected chi connectivity index (χ3v) is 3.77. The molecule has 2 aromatic heterocycles. The molecule has 3 aromatic rings. The van der Waals surface area contributed by atoms with Crippen LogP contribution in [-0.2, 0) is 0 Å². The Morgan fingerprint density at radius 2 is 2.19 bits per heavy atom. The standard InChI is InChI=1S/C16H14BrNO3/c1-2-20-12-6-11(8-18-9-12)15(19)14-7-10-4-3-5-13(17)16(10)21-14/h3-9,15,19H,2H2,1H3. The number of fused-ring (bicyclic) bond motifs is 1. The fraction of sp³-hybridized carbons (Fsp3) is 0.188. The number of pyridine rings is 1. The van der Waals surface area contributed by atoms with Crippen LogP contribution in [0, 0.1) is 0 Å². The monoisotopic (exact) mass is 347 g/mol. The average Bonchev–Trinajstić information content (AvgIpc) is 2.93. The second-order valence-corrected chi connectivity index (χ2v) is 5.45. The summed E-state index contributed by atoms with van der Waals surface area (Å²) in [4.78, 5) is 4.09. The Balaban J connectivity index is 1.98. The molecular formula is C16H14BrNO3. The maximum absolute atomic E-state index is 10.5. The summed E-state index contributed by atoms with van der Waals surface area (Å²) in [7, 11) is 0. The Bertz CT molecular complexity index is 769. The number of benzene rings is 1. The first-order chi connectivity index (χ1) is 10.2. The SMILES string of the molecule is CCOc1cncc(C(O)c2cc3cccc(Br)c3o2)c1. The molecule has 4 nitrogen and oxygen atoms in total. The molecule has 0 aliphatic rings. The zero-order valence-corrected chi connectivity index (χ0v) is 13.0. The lowest BCUT2D eigenvalue weighted by Crippen LogP contribution is -2.00. The number of furan rings is 1. The molecule has 0 aliphatic heterocycles. The van der Waals surface area contributed by atoms with Crippen LogP contribution in [0.15, 0.2) is 51.6 Å². The highest BCUT2D eigenvalue weighted by atomic mass is 79.9. The first kappa shape index (κ1) is 14.1. The van der Waals surface area contributed by atoms with Crippen LogP contribution >= 0.6 is 15.9 Å². The van der Waals surface area contributed by atoms with Crippen molar-refractivity contribution in [1.82, 2.24) is 4.98 Å². The molecule has 0 fully saturated rings. The maximum Gasteiger partial charge on any atom is 0.148 e. The first-order valence-electron chi connectivity index (χ1n) is 6.63. The summed E-state index contributed by atoms with van der Waals surface area (Å²) in [5.74, 6) is 1.11. The van der Waals surface area contributed by atoms with Gasteiger partial charge >= 0.3 is 0 Å². The predicted molar refractivity (Wildman–Crippen MR) is 83.4 cm³/mol. The number of aliphatic hydroxyl groups is 1. The second-order valence-electron chi connectivity index (χ2n) is 4.60. The predicted octanol–water partition coefficient (Wildman–Crippen LogP) is 4.07. The van der Waals surface area contributed by atoms with E-state index in [0.29, 0.717) is 23.7 Å². The molecule has 5 heteroatoms. The van der Waals surface area contributed by atoms with Crippen molar-refractivity contribution in [3.63, 3.8) is 0 Å². The van der Waals surface area contributed by atoms with Gasteiger partial charge in [0.1, 0.15) is 23.2 Å². The van der Waals surface area contributed by atoms with Gasteiger partial charge in [-0.3, -0.25) is 4.98 Å². The molecule has 0 radical (unpaired) electrons. The molecule has 1 unspecified atom stereocenters. The van der Waals surface area contributed by atoms with Gasteiger partial charge in [-0.05, 0) is 41.1 Å². The van der Waals surface area contributed by atoms with Crippen LogP contribution in [0.25, 0.3) is 11.0 Å². The van der Waals surface area contributed by atoms with Gasteiger partial charge in [0.2, 0.25) is 0 Å². The van der Waals surface area contributed by atoms with E-state index in [9.17, 15) is 5.11 Å². The number of aromatic nitrogens is 1. The minimum Gasteiger partial charge on any atom is -0.492 e. The van der Waals surface area contributed by atoms with Crippen LogP contribution in [0.2, 0.25) is 0 Å². The summed E-state index contributed by atoms with van der Waals surface area (Å²) in [6.07, 6.45) is 2.35. The summed E-state index contributed by atoms with van der Waals surface area (Å²) >= 11 is 3.44. The Morgan fingerprint density at radius 3 is 2.95 bits per heavy atom. The lowest BCUT2D eigenvalue weighted by molar-refractivity contribution is 0.191. The molecule has 0 bridgehead atoms. The summed E-state index contributed by atoms with van der Waals surface area (Å²) in [5.41, 5.74) is 1.36. The maximum atomic E-state index is 10.5. The number of hydrogen-bond acceptors (Lipinski definition) is 4. The summed E-state index contributed by atoms with van der Waals surface area (Å²) < 4.78 is 12.0. The van der Waals surface area contributed by atoms with Gasteiger partial charge in [0.25, 0.3) is 0 Å². The van der Waals surface area contributed by atoms with Crippen LogP contribution in [0.3, 0.4) is 0 Å². The Kier molecular flexibility index (Phi) is 3.94. The number of aliphatic hydroxyl groups excluding tert-OH is 1. The lowest BCUT2D eigenvalue weighted by Gasteiger charge is -2.09.